The minimum Gasteiger partial charge on any atom is -0.480 e. The third-order valence-electron chi connectivity index (χ3n) is 2.81. The molecule has 0 saturated heterocycles. The monoisotopic (exact) mass is 264 g/mol. The van der Waals surface area contributed by atoms with Crippen LogP contribution in [0.3, 0.4) is 0 Å². The number of aryl methyl sites for hydroxylation is 1. The van der Waals surface area contributed by atoms with Gasteiger partial charge in [-0.2, -0.15) is 0 Å². The molecule has 1 amide bonds. The molecule has 1 aromatic rings. The number of amides is 1. The second-order valence-electron chi connectivity index (χ2n) is 4.42. The van der Waals surface area contributed by atoms with Gasteiger partial charge in [0.05, 0.1) is 0 Å². The predicted octanol–water partition coefficient (Wildman–Crippen LogP) is 0.927. The zero-order chi connectivity index (χ0) is 14.1. The Bertz CT molecular complexity index is 406. The average Bonchev–Trinajstić information content (AvgIpc) is 2.42. The molecule has 0 aliphatic carbocycles. The fraction of sp³-hybridized carbons (Fsp3) is 0.429. The van der Waals surface area contributed by atoms with Crippen molar-refractivity contribution >= 4 is 11.9 Å². The maximum absolute atomic E-state index is 11.5. The molecule has 0 aliphatic heterocycles. The van der Waals surface area contributed by atoms with E-state index in [0.717, 1.165) is 5.56 Å². The molecular formula is C14H20N2O3. The molecule has 0 saturated carbocycles. The molecule has 0 radical (unpaired) electrons. The summed E-state index contributed by atoms with van der Waals surface area (Å²) in [5.74, 6) is -1.02. The SMILES string of the molecule is N[C@@H](CCCNC(=O)CCc1ccccc1)C(=O)O. The van der Waals surface area contributed by atoms with Gasteiger partial charge in [0.15, 0.2) is 0 Å². The first-order chi connectivity index (χ1) is 9.09. The van der Waals surface area contributed by atoms with Crippen molar-refractivity contribution in [1.82, 2.24) is 5.32 Å². The topological polar surface area (TPSA) is 92.4 Å². The summed E-state index contributed by atoms with van der Waals surface area (Å²) in [7, 11) is 0. The number of carboxylic acids is 1. The van der Waals surface area contributed by atoms with Crippen molar-refractivity contribution in [2.24, 2.45) is 5.73 Å². The van der Waals surface area contributed by atoms with E-state index in [9.17, 15) is 9.59 Å². The van der Waals surface area contributed by atoms with Crippen LogP contribution in [0.15, 0.2) is 30.3 Å². The Balaban J connectivity index is 2.10. The highest BCUT2D eigenvalue weighted by Crippen LogP contribution is 2.02. The predicted molar refractivity (Wildman–Crippen MR) is 72.6 cm³/mol. The van der Waals surface area contributed by atoms with E-state index >= 15 is 0 Å². The van der Waals surface area contributed by atoms with Gasteiger partial charge in [0.1, 0.15) is 6.04 Å². The molecular weight excluding hydrogens is 244 g/mol. The molecule has 19 heavy (non-hydrogen) atoms. The average molecular weight is 264 g/mol. The highest BCUT2D eigenvalue weighted by atomic mass is 16.4. The Morgan fingerprint density at radius 2 is 1.95 bits per heavy atom. The summed E-state index contributed by atoms with van der Waals surface area (Å²) in [6.07, 6.45) is 2.09. The van der Waals surface area contributed by atoms with E-state index in [-0.39, 0.29) is 5.91 Å². The first-order valence-electron chi connectivity index (χ1n) is 6.38. The van der Waals surface area contributed by atoms with Gasteiger partial charge in [0.25, 0.3) is 0 Å². The van der Waals surface area contributed by atoms with E-state index < -0.39 is 12.0 Å². The molecule has 0 spiro atoms. The fourth-order valence-corrected chi connectivity index (χ4v) is 1.66. The van der Waals surface area contributed by atoms with Crippen LogP contribution in [0.5, 0.6) is 0 Å². The number of carboxylic acid groups (broad SMARTS) is 1. The fourth-order valence-electron chi connectivity index (χ4n) is 1.66. The zero-order valence-electron chi connectivity index (χ0n) is 10.8. The minimum atomic E-state index is -1.00. The molecule has 0 bridgehead atoms. The molecule has 104 valence electrons. The summed E-state index contributed by atoms with van der Waals surface area (Å²) in [6, 6.07) is 8.95. The number of rotatable bonds is 8. The lowest BCUT2D eigenvalue weighted by molar-refractivity contribution is -0.138. The van der Waals surface area contributed by atoms with E-state index in [1.165, 1.54) is 0 Å². The summed E-state index contributed by atoms with van der Waals surface area (Å²) >= 11 is 0. The van der Waals surface area contributed by atoms with Gasteiger partial charge in [0.2, 0.25) is 5.91 Å². The van der Waals surface area contributed by atoms with Crippen LogP contribution in [0, 0.1) is 0 Å². The molecule has 0 unspecified atom stereocenters. The maximum Gasteiger partial charge on any atom is 0.320 e. The largest absolute Gasteiger partial charge is 0.480 e. The van der Waals surface area contributed by atoms with Gasteiger partial charge in [0, 0.05) is 13.0 Å². The first-order valence-corrected chi connectivity index (χ1v) is 6.38. The Kier molecular flexibility index (Phi) is 6.60. The van der Waals surface area contributed by atoms with E-state index in [1.807, 2.05) is 30.3 Å². The summed E-state index contributed by atoms with van der Waals surface area (Å²) in [6.45, 7) is 0.467. The van der Waals surface area contributed by atoms with Crippen LogP contribution in [-0.2, 0) is 16.0 Å². The van der Waals surface area contributed by atoms with Crippen LogP contribution in [-0.4, -0.2) is 29.6 Å². The second-order valence-corrected chi connectivity index (χ2v) is 4.42. The van der Waals surface area contributed by atoms with Crippen molar-refractivity contribution in [3.05, 3.63) is 35.9 Å². The van der Waals surface area contributed by atoms with Crippen LogP contribution >= 0.6 is 0 Å². The first kappa shape index (κ1) is 15.2. The highest BCUT2D eigenvalue weighted by Gasteiger charge is 2.10. The number of aliphatic carboxylic acids is 1. The van der Waals surface area contributed by atoms with Crippen molar-refractivity contribution in [3.63, 3.8) is 0 Å². The van der Waals surface area contributed by atoms with Crippen molar-refractivity contribution < 1.29 is 14.7 Å². The smallest absolute Gasteiger partial charge is 0.320 e. The summed E-state index contributed by atoms with van der Waals surface area (Å²) in [4.78, 5) is 22.0. The van der Waals surface area contributed by atoms with Gasteiger partial charge < -0.3 is 16.2 Å². The maximum atomic E-state index is 11.5. The molecule has 0 heterocycles. The Labute approximate surface area is 112 Å². The summed E-state index contributed by atoms with van der Waals surface area (Å²) < 4.78 is 0. The van der Waals surface area contributed by atoms with Gasteiger partial charge in [-0.15, -0.1) is 0 Å². The normalized spacial score (nSPS) is 11.8. The third-order valence-corrected chi connectivity index (χ3v) is 2.81. The Morgan fingerprint density at radius 1 is 1.26 bits per heavy atom. The molecule has 1 rings (SSSR count). The Morgan fingerprint density at radius 3 is 2.58 bits per heavy atom. The zero-order valence-corrected chi connectivity index (χ0v) is 10.8. The molecule has 0 fully saturated rings. The van der Waals surface area contributed by atoms with Gasteiger partial charge in [-0.3, -0.25) is 9.59 Å². The number of hydrogen-bond donors (Lipinski definition) is 3. The van der Waals surface area contributed by atoms with Crippen LogP contribution in [0.4, 0.5) is 0 Å². The standard InChI is InChI=1S/C14H20N2O3/c15-12(14(18)19)7-4-10-16-13(17)9-8-11-5-2-1-3-6-11/h1-3,5-6,12H,4,7-10,15H2,(H,16,17)(H,18,19)/t12-/m0/s1. The molecule has 1 aromatic carbocycles. The molecule has 0 aliphatic rings. The number of hydrogen-bond acceptors (Lipinski definition) is 3. The molecule has 1 atom stereocenters. The number of nitrogens with two attached hydrogens (primary N) is 1. The van der Waals surface area contributed by atoms with Gasteiger partial charge in [-0.05, 0) is 24.8 Å². The number of carbonyl (C=O) groups excluding carboxylic acids is 1. The van der Waals surface area contributed by atoms with Crippen LogP contribution in [0.2, 0.25) is 0 Å². The number of benzene rings is 1. The quantitative estimate of drug-likeness (QED) is 0.609. The van der Waals surface area contributed by atoms with Gasteiger partial charge >= 0.3 is 5.97 Å². The van der Waals surface area contributed by atoms with Crippen LogP contribution in [0.25, 0.3) is 0 Å². The minimum absolute atomic E-state index is 0.0206. The van der Waals surface area contributed by atoms with Gasteiger partial charge in [-0.1, -0.05) is 30.3 Å². The van der Waals surface area contributed by atoms with Crippen molar-refractivity contribution in [2.45, 2.75) is 31.7 Å². The molecule has 4 N–H and O–H groups in total. The van der Waals surface area contributed by atoms with Gasteiger partial charge in [-0.25, -0.2) is 0 Å². The molecule has 0 aromatic heterocycles. The lowest BCUT2D eigenvalue weighted by Gasteiger charge is -2.07. The summed E-state index contributed by atoms with van der Waals surface area (Å²) in [5.41, 5.74) is 6.49. The van der Waals surface area contributed by atoms with Crippen molar-refractivity contribution in [3.8, 4) is 0 Å². The molecule has 5 nitrogen and oxygen atoms in total. The highest BCUT2D eigenvalue weighted by molar-refractivity contribution is 5.76. The summed E-state index contributed by atoms with van der Waals surface area (Å²) in [5, 5.41) is 11.3. The number of nitrogens with one attached hydrogen (secondary N) is 1. The van der Waals surface area contributed by atoms with E-state index in [1.54, 1.807) is 0 Å². The lowest BCUT2D eigenvalue weighted by Crippen LogP contribution is -2.32. The third kappa shape index (κ3) is 6.57. The van der Waals surface area contributed by atoms with E-state index in [0.29, 0.717) is 32.2 Å². The molecule has 5 heteroatoms. The van der Waals surface area contributed by atoms with Crippen molar-refractivity contribution in [2.75, 3.05) is 6.54 Å². The Hall–Kier alpha value is -1.88. The van der Waals surface area contributed by atoms with Crippen LogP contribution < -0.4 is 11.1 Å². The van der Waals surface area contributed by atoms with Crippen molar-refractivity contribution in [1.29, 1.82) is 0 Å². The van der Waals surface area contributed by atoms with E-state index in [4.69, 9.17) is 10.8 Å². The number of carbonyl (C=O) groups is 2. The second kappa shape index (κ2) is 8.26. The van der Waals surface area contributed by atoms with E-state index in [2.05, 4.69) is 5.32 Å². The van der Waals surface area contributed by atoms with Crippen LogP contribution in [0.1, 0.15) is 24.8 Å². The lowest BCUT2D eigenvalue weighted by atomic mass is 10.1.